The molecule has 18 heavy (non-hydrogen) atoms. The minimum Gasteiger partial charge on any atom is -0.439 e. The average molecular weight is 244 g/mol. The maximum atomic E-state index is 5.70. The monoisotopic (exact) mass is 244 g/mol. The van der Waals surface area contributed by atoms with Crippen molar-refractivity contribution in [2.45, 2.75) is 20.3 Å². The zero-order valence-electron chi connectivity index (χ0n) is 10.5. The van der Waals surface area contributed by atoms with Gasteiger partial charge >= 0.3 is 0 Å². The van der Waals surface area contributed by atoms with Crippen LogP contribution in [-0.4, -0.2) is 9.97 Å². The molecule has 3 N–H and O–H groups in total. The SMILES string of the molecule is CCc1ccc(Oc2nc(NN)ncc2C)cc1. The Kier molecular flexibility index (Phi) is 3.74. The maximum Gasteiger partial charge on any atom is 0.240 e. The second kappa shape index (κ2) is 5.46. The molecule has 0 saturated heterocycles. The Labute approximate surface area is 106 Å². The number of nitrogens with two attached hydrogens (primary N) is 1. The standard InChI is InChI=1S/C13H16N4O/c1-3-10-4-6-11(7-5-10)18-12-9(2)8-15-13(16-12)17-14/h4-8H,3,14H2,1-2H3,(H,15,16,17). The van der Waals surface area contributed by atoms with Crippen LogP contribution in [0.3, 0.4) is 0 Å². The van der Waals surface area contributed by atoms with Crippen molar-refractivity contribution in [3.63, 3.8) is 0 Å². The van der Waals surface area contributed by atoms with Gasteiger partial charge in [-0.05, 0) is 31.0 Å². The Morgan fingerprint density at radius 1 is 1.28 bits per heavy atom. The number of ether oxygens (including phenoxy) is 1. The summed E-state index contributed by atoms with van der Waals surface area (Å²) in [5, 5.41) is 0. The van der Waals surface area contributed by atoms with E-state index in [2.05, 4.69) is 22.3 Å². The molecule has 0 bridgehead atoms. The number of nitrogen functional groups attached to an aromatic ring is 1. The molecule has 1 aromatic heterocycles. The summed E-state index contributed by atoms with van der Waals surface area (Å²) in [5.41, 5.74) is 4.52. The van der Waals surface area contributed by atoms with E-state index in [1.165, 1.54) is 5.56 Å². The Bertz CT molecular complexity index is 525. The molecule has 5 nitrogen and oxygen atoms in total. The predicted molar refractivity (Wildman–Crippen MR) is 70.5 cm³/mol. The molecule has 2 rings (SSSR count). The van der Waals surface area contributed by atoms with Crippen LogP contribution in [0.25, 0.3) is 0 Å². The van der Waals surface area contributed by atoms with Crippen molar-refractivity contribution in [1.29, 1.82) is 0 Å². The van der Waals surface area contributed by atoms with Crippen LogP contribution in [0.4, 0.5) is 5.95 Å². The third-order valence-electron chi connectivity index (χ3n) is 2.60. The van der Waals surface area contributed by atoms with E-state index >= 15 is 0 Å². The van der Waals surface area contributed by atoms with Crippen molar-refractivity contribution < 1.29 is 4.74 Å². The van der Waals surface area contributed by atoms with Crippen LogP contribution < -0.4 is 16.0 Å². The van der Waals surface area contributed by atoms with Gasteiger partial charge < -0.3 is 4.74 Å². The van der Waals surface area contributed by atoms with E-state index in [4.69, 9.17) is 10.6 Å². The summed E-state index contributed by atoms with van der Waals surface area (Å²) >= 11 is 0. The summed E-state index contributed by atoms with van der Waals surface area (Å²) in [5.74, 6) is 6.85. The lowest BCUT2D eigenvalue weighted by molar-refractivity contribution is 0.458. The molecular formula is C13H16N4O. The van der Waals surface area contributed by atoms with Gasteiger partial charge in [-0.25, -0.2) is 10.8 Å². The minimum atomic E-state index is 0.334. The number of hydrogen-bond donors (Lipinski definition) is 2. The Morgan fingerprint density at radius 3 is 2.61 bits per heavy atom. The van der Waals surface area contributed by atoms with Gasteiger partial charge in [-0.2, -0.15) is 4.98 Å². The largest absolute Gasteiger partial charge is 0.439 e. The van der Waals surface area contributed by atoms with Crippen molar-refractivity contribution in [2.24, 2.45) is 5.84 Å². The van der Waals surface area contributed by atoms with Crippen LogP contribution in [-0.2, 0) is 6.42 Å². The Hall–Kier alpha value is -2.14. The summed E-state index contributed by atoms with van der Waals surface area (Å²) < 4.78 is 5.70. The smallest absolute Gasteiger partial charge is 0.240 e. The van der Waals surface area contributed by atoms with Gasteiger partial charge in [-0.3, -0.25) is 5.43 Å². The number of benzene rings is 1. The number of nitrogens with one attached hydrogen (secondary N) is 1. The van der Waals surface area contributed by atoms with Crippen LogP contribution in [0, 0.1) is 6.92 Å². The van der Waals surface area contributed by atoms with Gasteiger partial charge in [0.15, 0.2) is 0 Å². The van der Waals surface area contributed by atoms with Gasteiger partial charge in [0, 0.05) is 11.8 Å². The second-order valence-electron chi connectivity index (χ2n) is 3.93. The first-order valence-corrected chi connectivity index (χ1v) is 5.80. The van der Waals surface area contributed by atoms with E-state index in [0.717, 1.165) is 17.7 Å². The fraction of sp³-hybridized carbons (Fsp3) is 0.231. The maximum absolute atomic E-state index is 5.70. The quantitative estimate of drug-likeness (QED) is 0.638. The van der Waals surface area contributed by atoms with Crippen molar-refractivity contribution in [1.82, 2.24) is 9.97 Å². The van der Waals surface area contributed by atoms with Gasteiger partial charge in [0.25, 0.3) is 0 Å². The number of hydrogen-bond acceptors (Lipinski definition) is 5. The van der Waals surface area contributed by atoms with Crippen molar-refractivity contribution >= 4 is 5.95 Å². The molecule has 1 aromatic carbocycles. The first kappa shape index (κ1) is 12.3. The molecule has 2 aromatic rings. The molecule has 0 fully saturated rings. The second-order valence-corrected chi connectivity index (χ2v) is 3.93. The molecule has 0 saturated carbocycles. The number of aryl methyl sites for hydroxylation is 2. The molecule has 0 atom stereocenters. The third-order valence-corrected chi connectivity index (χ3v) is 2.60. The van der Waals surface area contributed by atoms with Gasteiger partial charge in [-0.15, -0.1) is 0 Å². The van der Waals surface area contributed by atoms with Crippen LogP contribution in [0.2, 0.25) is 0 Å². The first-order valence-electron chi connectivity index (χ1n) is 5.80. The Morgan fingerprint density at radius 2 is 2.00 bits per heavy atom. The highest BCUT2D eigenvalue weighted by Crippen LogP contribution is 2.23. The number of hydrazine groups is 1. The zero-order valence-corrected chi connectivity index (χ0v) is 10.5. The molecule has 0 aliphatic carbocycles. The van der Waals surface area contributed by atoms with E-state index in [1.54, 1.807) is 6.20 Å². The zero-order chi connectivity index (χ0) is 13.0. The van der Waals surface area contributed by atoms with Crippen molar-refractivity contribution in [3.05, 3.63) is 41.6 Å². The van der Waals surface area contributed by atoms with E-state index in [9.17, 15) is 0 Å². The van der Waals surface area contributed by atoms with Crippen LogP contribution in [0.1, 0.15) is 18.1 Å². The summed E-state index contributed by atoms with van der Waals surface area (Å²) in [7, 11) is 0. The van der Waals surface area contributed by atoms with Gasteiger partial charge in [0.05, 0.1) is 0 Å². The fourth-order valence-electron chi connectivity index (χ4n) is 1.50. The number of nitrogens with zero attached hydrogens (tertiary/aromatic N) is 2. The molecule has 0 spiro atoms. The molecular weight excluding hydrogens is 228 g/mol. The number of rotatable bonds is 4. The highest BCUT2D eigenvalue weighted by Gasteiger charge is 2.05. The predicted octanol–water partition coefficient (Wildman–Crippen LogP) is 2.43. The van der Waals surface area contributed by atoms with E-state index in [-0.39, 0.29) is 0 Å². The number of aromatic nitrogens is 2. The minimum absolute atomic E-state index is 0.334. The lowest BCUT2D eigenvalue weighted by Crippen LogP contribution is -2.11. The van der Waals surface area contributed by atoms with Gasteiger partial charge in [0.1, 0.15) is 5.75 Å². The normalized spacial score (nSPS) is 10.2. The highest BCUT2D eigenvalue weighted by molar-refractivity contribution is 5.36. The molecule has 5 heteroatoms. The Balaban J connectivity index is 2.21. The third kappa shape index (κ3) is 2.75. The summed E-state index contributed by atoms with van der Waals surface area (Å²) in [6.07, 6.45) is 2.67. The topological polar surface area (TPSA) is 73.1 Å². The molecule has 0 aliphatic heterocycles. The van der Waals surface area contributed by atoms with Crippen LogP contribution in [0.5, 0.6) is 11.6 Å². The van der Waals surface area contributed by atoms with Gasteiger partial charge in [0.2, 0.25) is 11.8 Å². The average Bonchev–Trinajstić information content (AvgIpc) is 2.42. The van der Waals surface area contributed by atoms with Crippen molar-refractivity contribution in [2.75, 3.05) is 5.43 Å². The van der Waals surface area contributed by atoms with E-state index in [1.807, 2.05) is 31.2 Å². The lowest BCUT2D eigenvalue weighted by atomic mass is 10.2. The van der Waals surface area contributed by atoms with Crippen molar-refractivity contribution in [3.8, 4) is 11.6 Å². The molecule has 0 amide bonds. The number of anilines is 1. The van der Waals surface area contributed by atoms with Crippen LogP contribution in [0.15, 0.2) is 30.5 Å². The molecule has 1 heterocycles. The molecule has 94 valence electrons. The first-order chi connectivity index (χ1) is 8.72. The van der Waals surface area contributed by atoms with Crippen LogP contribution >= 0.6 is 0 Å². The summed E-state index contributed by atoms with van der Waals surface area (Å²) in [6, 6.07) is 7.92. The molecule has 0 radical (unpaired) electrons. The molecule has 0 aliphatic rings. The fourth-order valence-corrected chi connectivity index (χ4v) is 1.50. The summed E-state index contributed by atoms with van der Waals surface area (Å²) in [6.45, 7) is 4.00. The summed E-state index contributed by atoms with van der Waals surface area (Å²) in [4.78, 5) is 8.16. The molecule has 0 unspecified atom stereocenters. The lowest BCUT2D eigenvalue weighted by Gasteiger charge is -2.08. The van der Waals surface area contributed by atoms with E-state index in [0.29, 0.717) is 11.8 Å². The highest BCUT2D eigenvalue weighted by atomic mass is 16.5. The van der Waals surface area contributed by atoms with Gasteiger partial charge in [-0.1, -0.05) is 19.1 Å². The van der Waals surface area contributed by atoms with E-state index < -0.39 is 0 Å².